The molecule has 2 N–H and O–H groups in total. The average Bonchev–Trinajstić information content (AvgIpc) is 3.87. The SMILES string of the molecule is C[C@@H](Cc1cccc([C@@]2(C)CCCCC(C)(C)c3cn(nn3)Cc3c(c(F)cc4[nH]ccc34)C(=O)c3ccnc(c3)-c3nc2nn3C)c1)C(=O)O. The maximum absolute atomic E-state index is 16.0. The first-order chi connectivity index (χ1) is 24.3. The Bertz CT molecular complexity index is 2280. The summed E-state index contributed by atoms with van der Waals surface area (Å²) in [5, 5.41) is 24.2. The average molecular weight is 689 g/mol. The minimum absolute atomic E-state index is 0.0307. The van der Waals surface area contributed by atoms with Gasteiger partial charge in [0.1, 0.15) is 11.5 Å². The monoisotopic (exact) mass is 688 g/mol. The number of nitrogens with zero attached hydrogens (tertiary/aromatic N) is 7. The number of H-pyrrole nitrogens is 1. The highest BCUT2D eigenvalue weighted by Gasteiger charge is 2.35. The summed E-state index contributed by atoms with van der Waals surface area (Å²) in [4.78, 5) is 38.6. The predicted molar refractivity (Wildman–Crippen MR) is 190 cm³/mol. The Kier molecular flexibility index (Phi) is 8.64. The molecule has 0 fully saturated rings. The van der Waals surface area contributed by atoms with Crippen LogP contribution in [0.15, 0.2) is 67.1 Å². The Hall–Kier alpha value is -5.52. The van der Waals surface area contributed by atoms with Crippen LogP contribution in [0.4, 0.5) is 4.39 Å². The Balaban J connectivity index is 1.37. The van der Waals surface area contributed by atoms with Crippen LogP contribution in [0.1, 0.15) is 97.5 Å². The van der Waals surface area contributed by atoms with Gasteiger partial charge in [-0.15, -0.1) is 5.10 Å². The summed E-state index contributed by atoms with van der Waals surface area (Å²) in [5.74, 6) is -1.42. The van der Waals surface area contributed by atoms with Crippen LogP contribution in [0.3, 0.4) is 0 Å². The van der Waals surface area contributed by atoms with Gasteiger partial charge in [0.05, 0.1) is 29.1 Å². The number of hydrogen-bond donors (Lipinski definition) is 2. The summed E-state index contributed by atoms with van der Waals surface area (Å²) < 4.78 is 19.3. The van der Waals surface area contributed by atoms with E-state index < -0.39 is 28.9 Å². The lowest BCUT2D eigenvalue weighted by molar-refractivity contribution is -0.141. The smallest absolute Gasteiger partial charge is 0.306 e. The standard InChI is InChI=1S/C39H41FN8O3/c1-23(36(50)51)17-24-9-8-10-26(18-24)39(4)14-7-6-13-38(2,3)32-22-48(46-44-32)21-28-27-12-16-41-30(27)20-29(40)33(28)34(49)25-11-15-42-31(19-25)35-43-37(39)45-47(35)5/h8-12,15-16,18-20,22-23,41H,6-7,13-14,17,21H2,1-5H3,(H,50,51)/t23-,39+/m0/s1. The van der Waals surface area contributed by atoms with E-state index in [2.05, 4.69) is 47.1 Å². The van der Waals surface area contributed by atoms with Gasteiger partial charge >= 0.3 is 5.97 Å². The summed E-state index contributed by atoms with van der Waals surface area (Å²) in [6.07, 6.45) is 8.87. The Labute approximate surface area is 295 Å². The van der Waals surface area contributed by atoms with Gasteiger partial charge < -0.3 is 10.1 Å². The predicted octanol–water partition coefficient (Wildman–Crippen LogP) is 6.79. The van der Waals surface area contributed by atoms with Crippen LogP contribution >= 0.6 is 0 Å². The minimum atomic E-state index is -0.839. The first-order valence-electron chi connectivity index (χ1n) is 17.3. The van der Waals surface area contributed by atoms with Crippen molar-refractivity contribution in [2.24, 2.45) is 13.0 Å². The van der Waals surface area contributed by atoms with Gasteiger partial charge in [-0.05, 0) is 67.1 Å². The molecular formula is C39H41FN8O3. The van der Waals surface area contributed by atoms with E-state index in [1.165, 1.54) is 12.3 Å². The molecule has 11 nitrogen and oxygen atoms in total. The molecule has 1 aliphatic rings. The fraction of sp³-hybridized carbons (Fsp3) is 0.359. The number of fused-ring (bicyclic) bond motifs is 10. The molecule has 0 saturated heterocycles. The highest BCUT2D eigenvalue weighted by atomic mass is 19.1. The lowest BCUT2D eigenvalue weighted by Crippen LogP contribution is -2.26. The molecule has 2 atom stereocenters. The molecule has 4 aromatic heterocycles. The summed E-state index contributed by atoms with van der Waals surface area (Å²) >= 11 is 0. The van der Waals surface area contributed by atoms with E-state index in [0.717, 1.165) is 47.9 Å². The number of carboxylic acids is 1. The molecular weight excluding hydrogens is 647 g/mol. The van der Waals surface area contributed by atoms with Crippen LogP contribution in [0.2, 0.25) is 0 Å². The van der Waals surface area contributed by atoms with Gasteiger partial charge in [-0.3, -0.25) is 14.6 Å². The van der Waals surface area contributed by atoms with Crippen LogP contribution in [0, 0.1) is 11.7 Å². The zero-order chi connectivity index (χ0) is 36.1. The molecule has 6 bridgehead atoms. The first kappa shape index (κ1) is 34.0. The third-order valence-corrected chi connectivity index (χ3v) is 10.5. The quantitative estimate of drug-likeness (QED) is 0.206. The van der Waals surface area contributed by atoms with E-state index in [-0.39, 0.29) is 23.1 Å². The topological polar surface area (TPSA) is 144 Å². The zero-order valence-corrected chi connectivity index (χ0v) is 29.4. The van der Waals surface area contributed by atoms with E-state index >= 15 is 4.39 Å². The zero-order valence-electron chi connectivity index (χ0n) is 29.4. The Morgan fingerprint density at radius 2 is 1.90 bits per heavy atom. The highest BCUT2D eigenvalue weighted by molar-refractivity contribution is 6.12. The van der Waals surface area contributed by atoms with Gasteiger partial charge in [0.2, 0.25) is 0 Å². The van der Waals surface area contributed by atoms with Gasteiger partial charge in [-0.2, -0.15) is 5.10 Å². The number of ketones is 1. The number of aliphatic carboxylic acids is 1. The molecule has 0 aliphatic carbocycles. The molecule has 5 heterocycles. The lowest BCUT2D eigenvalue weighted by atomic mass is 9.75. The van der Waals surface area contributed by atoms with Crippen molar-refractivity contribution in [3.05, 3.63) is 112 Å². The highest BCUT2D eigenvalue weighted by Crippen LogP contribution is 2.38. The van der Waals surface area contributed by atoms with E-state index in [9.17, 15) is 14.7 Å². The number of rotatable bonds is 4. The molecule has 0 radical (unpaired) electrons. The number of carbonyl (C=O) groups excluding carboxylic acids is 1. The molecule has 0 spiro atoms. The number of carbonyl (C=O) groups is 2. The van der Waals surface area contributed by atoms with Crippen LogP contribution < -0.4 is 0 Å². The van der Waals surface area contributed by atoms with Gasteiger partial charge in [0, 0.05) is 47.5 Å². The molecule has 262 valence electrons. The van der Waals surface area contributed by atoms with Crippen molar-refractivity contribution in [2.45, 2.75) is 77.2 Å². The number of pyridine rings is 1. The number of carboxylic acid groups (broad SMARTS) is 1. The molecule has 7 rings (SSSR count). The second-order valence-corrected chi connectivity index (χ2v) is 14.7. The van der Waals surface area contributed by atoms with Crippen LogP contribution in [0.25, 0.3) is 22.4 Å². The second kappa shape index (κ2) is 13.0. The van der Waals surface area contributed by atoms with Crippen LogP contribution in [0.5, 0.6) is 0 Å². The summed E-state index contributed by atoms with van der Waals surface area (Å²) in [5.41, 5.74) is 3.55. The number of halogens is 1. The van der Waals surface area contributed by atoms with E-state index in [4.69, 9.17) is 10.1 Å². The molecule has 0 saturated carbocycles. The summed E-state index contributed by atoms with van der Waals surface area (Å²) in [7, 11) is 1.80. The van der Waals surface area contributed by atoms with Crippen molar-refractivity contribution in [2.75, 3.05) is 0 Å². The van der Waals surface area contributed by atoms with E-state index in [0.29, 0.717) is 34.8 Å². The lowest BCUT2D eigenvalue weighted by Gasteiger charge is -2.29. The molecule has 51 heavy (non-hydrogen) atoms. The summed E-state index contributed by atoms with van der Waals surface area (Å²) in [6, 6.07) is 14.5. The first-order valence-corrected chi connectivity index (χ1v) is 17.3. The molecule has 0 unspecified atom stereocenters. The number of aromatic nitrogens is 8. The van der Waals surface area contributed by atoms with Crippen LogP contribution in [-0.4, -0.2) is 56.6 Å². The number of hydrogen-bond acceptors (Lipinski definition) is 7. The normalized spacial score (nSPS) is 18.4. The van der Waals surface area contributed by atoms with Crippen molar-refractivity contribution >= 4 is 22.7 Å². The number of aromatic amines is 1. The number of nitrogens with one attached hydrogen (secondary N) is 1. The fourth-order valence-electron chi connectivity index (χ4n) is 7.22. The second-order valence-electron chi connectivity index (χ2n) is 14.7. The van der Waals surface area contributed by atoms with Gasteiger partial charge in [-0.1, -0.05) is 63.1 Å². The Morgan fingerprint density at radius 1 is 1.10 bits per heavy atom. The van der Waals surface area contributed by atoms with Crippen molar-refractivity contribution in [3.8, 4) is 11.5 Å². The Morgan fingerprint density at radius 3 is 2.71 bits per heavy atom. The summed E-state index contributed by atoms with van der Waals surface area (Å²) in [6.45, 7) is 8.28. The van der Waals surface area contributed by atoms with E-state index in [1.54, 1.807) is 41.7 Å². The third-order valence-electron chi connectivity index (χ3n) is 10.5. The molecule has 12 heteroatoms. The van der Waals surface area contributed by atoms with Crippen molar-refractivity contribution in [1.82, 2.24) is 39.7 Å². The van der Waals surface area contributed by atoms with Gasteiger partial charge in [-0.25, -0.2) is 18.7 Å². The third kappa shape index (κ3) is 6.34. The van der Waals surface area contributed by atoms with Gasteiger partial charge in [0.25, 0.3) is 0 Å². The largest absolute Gasteiger partial charge is 0.481 e. The molecule has 1 aliphatic heterocycles. The molecule has 6 aromatic rings. The molecule has 0 amide bonds. The number of aryl methyl sites for hydroxylation is 1. The van der Waals surface area contributed by atoms with E-state index in [1.807, 2.05) is 30.5 Å². The maximum atomic E-state index is 16.0. The fourth-order valence-corrected chi connectivity index (χ4v) is 7.22. The minimum Gasteiger partial charge on any atom is -0.481 e. The van der Waals surface area contributed by atoms with Crippen molar-refractivity contribution in [1.29, 1.82) is 0 Å². The van der Waals surface area contributed by atoms with Crippen molar-refractivity contribution in [3.63, 3.8) is 0 Å². The van der Waals surface area contributed by atoms with Gasteiger partial charge in [0.15, 0.2) is 17.4 Å². The molecule has 2 aromatic carbocycles. The number of benzene rings is 2. The maximum Gasteiger partial charge on any atom is 0.306 e. The van der Waals surface area contributed by atoms with Crippen LogP contribution in [-0.2, 0) is 35.6 Å². The van der Waals surface area contributed by atoms with Crippen molar-refractivity contribution < 1.29 is 19.1 Å².